The van der Waals surface area contributed by atoms with Crippen molar-refractivity contribution in [2.75, 3.05) is 19.6 Å². The van der Waals surface area contributed by atoms with Crippen LogP contribution in [0.5, 0.6) is 0 Å². The first-order chi connectivity index (χ1) is 8.38. The first kappa shape index (κ1) is 16.4. The molecule has 0 radical (unpaired) electrons. The van der Waals surface area contributed by atoms with Gasteiger partial charge in [-0.3, -0.25) is 4.90 Å². The first-order valence-corrected chi connectivity index (χ1v) is 8.23. The summed E-state index contributed by atoms with van der Waals surface area (Å²) in [6.45, 7) is 10.4. The largest absolute Gasteiger partial charge is 0.330 e. The number of thiophene rings is 1. The van der Waals surface area contributed by atoms with E-state index in [9.17, 15) is 0 Å². The fourth-order valence-electron chi connectivity index (χ4n) is 1.89. The lowest BCUT2D eigenvalue weighted by Gasteiger charge is -2.31. The number of hydrogen-bond donors (Lipinski definition) is 1. The molecular formula is C13H22BrClN2S. The van der Waals surface area contributed by atoms with Crippen LogP contribution in [0.4, 0.5) is 0 Å². The Labute approximate surface area is 128 Å². The van der Waals surface area contributed by atoms with Crippen LogP contribution in [0.1, 0.15) is 32.1 Å². The van der Waals surface area contributed by atoms with Gasteiger partial charge in [0.05, 0.1) is 0 Å². The van der Waals surface area contributed by atoms with E-state index in [1.165, 1.54) is 4.88 Å². The van der Waals surface area contributed by atoms with Crippen molar-refractivity contribution in [2.24, 2.45) is 11.1 Å². The second-order valence-electron chi connectivity index (χ2n) is 5.41. The molecule has 0 aliphatic heterocycles. The number of halogens is 2. The highest BCUT2D eigenvalue weighted by Crippen LogP contribution is 2.33. The smallest absolute Gasteiger partial charge is 0.107 e. The lowest BCUT2D eigenvalue weighted by molar-refractivity contribution is 0.177. The van der Waals surface area contributed by atoms with Crippen LogP contribution in [0.3, 0.4) is 0 Å². The van der Waals surface area contributed by atoms with Crippen LogP contribution in [0.15, 0.2) is 10.5 Å². The molecule has 2 N–H and O–H groups in total. The van der Waals surface area contributed by atoms with E-state index in [2.05, 4.69) is 47.7 Å². The average Bonchev–Trinajstić information content (AvgIpc) is 2.58. The van der Waals surface area contributed by atoms with E-state index in [1.807, 2.05) is 0 Å². The van der Waals surface area contributed by atoms with Crippen LogP contribution >= 0.6 is 38.9 Å². The molecule has 0 saturated heterocycles. The molecule has 1 aromatic rings. The summed E-state index contributed by atoms with van der Waals surface area (Å²) in [6.07, 6.45) is 1.15. The van der Waals surface area contributed by atoms with Crippen molar-refractivity contribution in [2.45, 2.75) is 33.7 Å². The van der Waals surface area contributed by atoms with E-state index in [4.69, 9.17) is 17.3 Å². The van der Waals surface area contributed by atoms with Crippen molar-refractivity contribution >= 4 is 38.9 Å². The van der Waals surface area contributed by atoms with Crippen LogP contribution in [-0.2, 0) is 6.54 Å². The van der Waals surface area contributed by atoms with Crippen molar-refractivity contribution in [3.8, 4) is 0 Å². The molecule has 0 unspecified atom stereocenters. The second kappa shape index (κ2) is 7.25. The van der Waals surface area contributed by atoms with Crippen LogP contribution in [0.2, 0.25) is 4.34 Å². The van der Waals surface area contributed by atoms with Gasteiger partial charge < -0.3 is 5.73 Å². The third kappa shape index (κ3) is 5.17. The molecule has 104 valence electrons. The van der Waals surface area contributed by atoms with Gasteiger partial charge in [-0.15, -0.1) is 11.3 Å². The summed E-state index contributed by atoms with van der Waals surface area (Å²) < 4.78 is 1.83. The molecule has 5 heteroatoms. The van der Waals surface area contributed by atoms with Gasteiger partial charge >= 0.3 is 0 Å². The van der Waals surface area contributed by atoms with Gasteiger partial charge in [-0.1, -0.05) is 32.4 Å². The molecule has 0 atom stereocenters. The molecule has 0 saturated carbocycles. The summed E-state index contributed by atoms with van der Waals surface area (Å²) in [4.78, 5) is 3.76. The normalized spacial score (nSPS) is 12.4. The minimum atomic E-state index is 0.160. The van der Waals surface area contributed by atoms with Gasteiger partial charge in [-0.25, -0.2) is 0 Å². The average molecular weight is 354 g/mol. The number of nitrogens with zero attached hydrogens (tertiary/aromatic N) is 1. The van der Waals surface area contributed by atoms with Crippen LogP contribution < -0.4 is 5.73 Å². The molecule has 0 fully saturated rings. The molecular weight excluding hydrogens is 332 g/mol. The van der Waals surface area contributed by atoms with E-state index in [-0.39, 0.29) is 5.41 Å². The molecule has 0 aliphatic rings. The summed E-state index contributed by atoms with van der Waals surface area (Å²) in [6, 6.07) is 2.12. The Hall–Kier alpha value is 0.390. The summed E-state index contributed by atoms with van der Waals surface area (Å²) in [7, 11) is 0. The van der Waals surface area contributed by atoms with Gasteiger partial charge in [0.15, 0.2) is 0 Å². The van der Waals surface area contributed by atoms with Crippen LogP contribution in [0.25, 0.3) is 0 Å². The highest BCUT2D eigenvalue weighted by atomic mass is 79.9. The Morgan fingerprint density at radius 2 is 2.17 bits per heavy atom. The van der Waals surface area contributed by atoms with Gasteiger partial charge in [0.2, 0.25) is 0 Å². The van der Waals surface area contributed by atoms with Crippen molar-refractivity contribution in [3.05, 3.63) is 19.8 Å². The van der Waals surface area contributed by atoms with Gasteiger partial charge in [-0.05, 0) is 46.9 Å². The fraction of sp³-hybridized carbons (Fsp3) is 0.692. The van der Waals surface area contributed by atoms with E-state index in [1.54, 1.807) is 11.3 Å². The molecule has 2 nitrogen and oxygen atoms in total. The molecule has 0 aromatic carbocycles. The minimum Gasteiger partial charge on any atom is -0.330 e. The Morgan fingerprint density at radius 1 is 1.50 bits per heavy atom. The molecule has 0 amide bonds. The monoisotopic (exact) mass is 352 g/mol. The maximum Gasteiger partial charge on any atom is 0.107 e. The Balaban J connectivity index is 2.68. The Kier molecular flexibility index (Phi) is 6.62. The zero-order valence-corrected chi connectivity index (χ0v) is 14.5. The quantitative estimate of drug-likeness (QED) is 0.789. The molecule has 1 aromatic heterocycles. The summed E-state index contributed by atoms with van der Waals surface area (Å²) in [5.41, 5.74) is 5.98. The zero-order valence-electron chi connectivity index (χ0n) is 11.3. The maximum atomic E-state index is 6.08. The van der Waals surface area contributed by atoms with Gasteiger partial charge in [0.1, 0.15) is 4.34 Å². The van der Waals surface area contributed by atoms with Crippen LogP contribution in [0, 0.1) is 5.41 Å². The summed E-state index contributed by atoms with van der Waals surface area (Å²) in [5.74, 6) is 0. The minimum absolute atomic E-state index is 0.160. The standard InChI is InChI=1S/C13H22BrClN2S/c1-4-5-17(9-13(2,3)8-16)7-10-6-11(14)12(15)18-10/h6H,4-5,7-9,16H2,1-3H3. The maximum absolute atomic E-state index is 6.08. The van der Waals surface area contributed by atoms with Gasteiger partial charge in [-0.2, -0.15) is 0 Å². The molecule has 0 spiro atoms. The van der Waals surface area contributed by atoms with Gasteiger partial charge in [0.25, 0.3) is 0 Å². The Bertz CT molecular complexity index is 360. The van der Waals surface area contributed by atoms with Crippen molar-refractivity contribution in [1.82, 2.24) is 4.90 Å². The summed E-state index contributed by atoms with van der Waals surface area (Å²) >= 11 is 11.2. The highest BCUT2D eigenvalue weighted by molar-refractivity contribution is 9.10. The van der Waals surface area contributed by atoms with E-state index in [0.717, 1.165) is 34.9 Å². The molecule has 1 rings (SSSR count). The van der Waals surface area contributed by atoms with Crippen LogP contribution in [-0.4, -0.2) is 24.5 Å². The predicted molar refractivity (Wildman–Crippen MR) is 85.4 cm³/mol. The lowest BCUT2D eigenvalue weighted by Crippen LogP contribution is -2.38. The second-order valence-corrected chi connectivity index (χ2v) is 8.01. The van der Waals surface area contributed by atoms with Crippen molar-refractivity contribution in [1.29, 1.82) is 0 Å². The number of nitrogens with two attached hydrogens (primary N) is 1. The Morgan fingerprint density at radius 3 is 2.61 bits per heavy atom. The topological polar surface area (TPSA) is 29.3 Å². The molecule has 1 heterocycles. The molecule has 0 aliphatic carbocycles. The zero-order chi connectivity index (χ0) is 13.8. The third-order valence-electron chi connectivity index (χ3n) is 2.82. The summed E-state index contributed by atoms with van der Waals surface area (Å²) in [5, 5.41) is 0. The number of rotatable bonds is 7. The third-order valence-corrected chi connectivity index (χ3v) is 5.28. The lowest BCUT2D eigenvalue weighted by atomic mass is 9.93. The van der Waals surface area contributed by atoms with E-state index in [0.29, 0.717) is 6.54 Å². The SMILES string of the molecule is CCCN(Cc1cc(Br)c(Cl)s1)CC(C)(C)CN. The van der Waals surface area contributed by atoms with Crippen molar-refractivity contribution in [3.63, 3.8) is 0 Å². The number of hydrogen-bond acceptors (Lipinski definition) is 3. The van der Waals surface area contributed by atoms with Crippen molar-refractivity contribution < 1.29 is 0 Å². The van der Waals surface area contributed by atoms with E-state index >= 15 is 0 Å². The molecule has 0 bridgehead atoms. The first-order valence-electron chi connectivity index (χ1n) is 6.24. The van der Waals surface area contributed by atoms with E-state index < -0.39 is 0 Å². The fourth-order valence-corrected chi connectivity index (χ4v) is 3.72. The van der Waals surface area contributed by atoms with Gasteiger partial charge in [0, 0.05) is 22.4 Å². The highest BCUT2D eigenvalue weighted by Gasteiger charge is 2.20. The predicted octanol–water partition coefficient (Wildman–Crippen LogP) is 4.36. The molecule has 18 heavy (non-hydrogen) atoms.